The van der Waals surface area contributed by atoms with E-state index in [-0.39, 0.29) is 0 Å². The van der Waals surface area contributed by atoms with E-state index in [1.807, 2.05) is 16.5 Å². The molecule has 2 aromatic rings. The summed E-state index contributed by atoms with van der Waals surface area (Å²) in [7, 11) is -1.15. The molecule has 0 bridgehead atoms. The first-order valence-corrected chi connectivity index (χ1v) is 8.09. The van der Waals surface area contributed by atoms with Crippen molar-refractivity contribution in [1.82, 2.24) is 9.38 Å². The van der Waals surface area contributed by atoms with Crippen LogP contribution in [0.5, 0.6) is 0 Å². The summed E-state index contributed by atoms with van der Waals surface area (Å²) in [6, 6.07) is 3.76. The third kappa shape index (κ3) is 2.27. The molecule has 1 aliphatic rings. The molecule has 1 N–H and O–H groups in total. The number of imidazole rings is 1. The van der Waals surface area contributed by atoms with Crippen molar-refractivity contribution < 1.29 is 4.89 Å². The molecule has 0 aliphatic heterocycles. The molecule has 2 aromatic heterocycles. The smallest absolute Gasteiger partial charge is 0.0997 e. The Morgan fingerprint density at radius 1 is 1.28 bits per heavy atom. The van der Waals surface area contributed by atoms with E-state index in [1.165, 1.54) is 19.3 Å². The maximum Gasteiger partial charge on any atom is 0.0997 e. The highest BCUT2D eigenvalue weighted by Gasteiger charge is 2.25. The Labute approximate surface area is 113 Å². The third-order valence-corrected chi connectivity index (χ3v) is 5.86. The van der Waals surface area contributed by atoms with Gasteiger partial charge >= 0.3 is 0 Å². The topological polar surface area (TPSA) is 37.5 Å². The van der Waals surface area contributed by atoms with Crippen LogP contribution >= 0.6 is 19.7 Å². The third-order valence-electron chi connectivity index (χ3n) is 3.62. The van der Waals surface area contributed by atoms with Crippen LogP contribution in [0.25, 0.3) is 5.52 Å². The van der Waals surface area contributed by atoms with Crippen LogP contribution in [0, 0.1) is 0 Å². The van der Waals surface area contributed by atoms with Crippen LogP contribution in [-0.2, 0) is 0 Å². The molecule has 2 heterocycles. The van der Waals surface area contributed by atoms with Gasteiger partial charge in [-0.3, -0.25) is 4.40 Å². The molecule has 0 saturated heterocycles. The van der Waals surface area contributed by atoms with Crippen molar-refractivity contribution >= 4 is 30.7 Å². The summed E-state index contributed by atoms with van der Waals surface area (Å²) in [5.74, 6) is 0. The van der Waals surface area contributed by atoms with Gasteiger partial charge in [-0.1, -0.05) is 30.9 Å². The second-order valence-corrected chi connectivity index (χ2v) is 7.17. The van der Waals surface area contributed by atoms with E-state index in [1.54, 1.807) is 12.5 Å². The van der Waals surface area contributed by atoms with E-state index in [9.17, 15) is 4.89 Å². The van der Waals surface area contributed by atoms with Crippen LogP contribution in [0.4, 0.5) is 0 Å². The Bertz CT molecular complexity index is 551. The second kappa shape index (κ2) is 5.16. The number of hydrogen-bond acceptors (Lipinski definition) is 2. The summed E-state index contributed by atoms with van der Waals surface area (Å²) in [5, 5.41) is 0.676. The summed E-state index contributed by atoms with van der Waals surface area (Å²) >= 11 is 6.12. The first kappa shape index (κ1) is 12.4. The largest absolute Gasteiger partial charge is 0.367 e. The van der Waals surface area contributed by atoms with Crippen molar-refractivity contribution in [3.05, 3.63) is 29.7 Å². The summed E-state index contributed by atoms with van der Waals surface area (Å²) < 4.78 is 1.96. The quantitative estimate of drug-likeness (QED) is 0.858. The fraction of sp³-hybridized carbons (Fsp3) is 0.462. The molecule has 96 valence electrons. The summed E-state index contributed by atoms with van der Waals surface area (Å²) in [6.07, 6.45) is 9.57. The molecule has 1 saturated carbocycles. The normalized spacial score (nSPS) is 19.2. The summed E-state index contributed by atoms with van der Waals surface area (Å²) in [6.45, 7) is 0. The molecule has 1 unspecified atom stereocenters. The van der Waals surface area contributed by atoms with Crippen LogP contribution < -0.4 is 5.44 Å². The fourth-order valence-corrected chi connectivity index (χ4v) is 4.85. The Kier molecular flexibility index (Phi) is 3.56. The van der Waals surface area contributed by atoms with E-state index in [4.69, 9.17) is 11.6 Å². The highest BCUT2D eigenvalue weighted by molar-refractivity contribution is 7.60. The number of fused-ring (bicyclic) bond motifs is 1. The zero-order chi connectivity index (χ0) is 12.5. The van der Waals surface area contributed by atoms with Crippen molar-refractivity contribution in [2.45, 2.75) is 37.8 Å². The van der Waals surface area contributed by atoms with Gasteiger partial charge in [0, 0.05) is 10.7 Å². The van der Waals surface area contributed by atoms with Crippen LogP contribution in [0.3, 0.4) is 0 Å². The number of halogens is 1. The van der Waals surface area contributed by atoms with Crippen LogP contribution in [-0.4, -0.2) is 19.9 Å². The minimum absolute atomic E-state index is 0.415. The zero-order valence-corrected chi connectivity index (χ0v) is 11.7. The average molecular weight is 283 g/mol. The highest BCUT2D eigenvalue weighted by atomic mass is 35.5. The maximum absolute atomic E-state index is 10.6. The van der Waals surface area contributed by atoms with Gasteiger partial charge in [-0.25, -0.2) is 4.98 Å². The second-order valence-electron chi connectivity index (χ2n) is 4.86. The molecular formula is C13H16ClN2OP. The van der Waals surface area contributed by atoms with E-state index in [0.717, 1.165) is 23.8 Å². The van der Waals surface area contributed by atoms with Gasteiger partial charge in [0.1, 0.15) is 0 Å². The Hall–Kier alpha value is -0.630. The molecule has 3 rings (SSSR count). The van der Waals surface area contributed by atoms with Gasteiger partial charge in [-0.05, 0) is 25.0 Å². The first-order valence-electron chi connectivity index (χ1n) is 6.35. The predicted octanol–water partition coefficient (Wildman–Crippen LogP) is 3.33. The Balaban J connectivity index is 1.99. The van der Waals surface area contributed by atoms with Crippen molar-refractivity contribution in [1.29, 1.82) is 0 Å². The lowest BCUT2D eigenvalue weighted by Crippen LogP contribution is -2.21. The molecule has 1 atom stereocenters. The lowest BCUT2D eigenvalue weighted by atomic mass is 10.0. The molecule has 1 aliphatic carbocycles. The predicted molar refractivity (Wildman–Crippen MR) is 75.8 cm³/mol. The molecule has 5 heteroatoms. The minimum Gasteiger partial charge on any atom is -0.367 e. The fourth-order valence-electron chi connectivity index (χ4n) is 2.67. The number of nitrogens with zero attached hydrogens (tertiary/aromatic N) is 2. The van der Waals surface area contributed by atoms with E-state index >= 15 is 0 Å². The van der Waals surface area contributed by atoms with Gasteiger partial charge in [-0.15, -0.1) is 0 Å². The number of rotatable bonds is 2. The first-order chi connectivity index (χ1) is 8.75. The minimum atomic E-state index is -1.15. The van der Waals surface area contributed by atoms with Crippen molar-refractivity contribution in [2.75, 3.05) is 0 Å². The van der Waals surface area contributed by atoms with Crippen LogP contribution in [0.15, 0.2) is 24.7 Å². The zero-order valence-electron chi connectivity index (χ0n) is 10.1. The van der Waals surface area contributed by atoms with E-state index in [0.29, 0.717) is 10.7 Å². The van der Waals surface area contributed by atoms with Crippen LogP contribution in [0.2, 0.25) is 5.02 Å². The van der Waals surface area contributed by atoms with Crippen LogP contribution in [0.1, 0.15) is 32.1 Å². The van der Waals surface area contributed by atoms with Gasteiger partial charge in [0.05, 0.1) is 31.6 Å². The van der Waals surface area contributed by atoms with Crippen molar-refractivity contribution in [2.24, 2.45) is 0 Å². The molecule has 0 radical (unpaired) electrons. The maximum atomic E-state index is 10.6. The van der Waals surface area contributed by atoms with Crippen molar-refractivity contribution in [3.63, 3.8) is 0 Å². The number of aromatic nitrogens is 2. The summed E-state index contributed by atoms with van der Waals surface area (Å²) in [4.78, 5) is 14.8. The lowest BCUT2D eigenvalue weighted by molar-refractivity contribution is 0.488. The van der Waals surface area contributed by atoms with Gasteiger partial charge in [0.2, 0.25) is 0 Å². The molecule has 0 spiro atoms. The Morgan fingerprint density at radius 2 is 2.06 bits per heavy atom. The van der Waals surface area contributed by atoms with Crippen molar-refractivity contribution in [3.8, 4) is 0 Å². The van der Waals surface area contributed by atoms with Gasteiger partial charge in [0.15, 0.2) is 0 Å². The highest BCUT2D eigenvalue weighted by Crippen LogP contribution is 2.43. The molecule has 0 amide bonds. The molecule has 18 heavy (non-hydrogen) atoms. The summed E-state index contributed by atoms with van der Waals surface area (Å²) in [5.41, 5.74) is 2.30. The Morgan fingerprint density at radius 3 is 2.83 bits per heavy atom. The SMILES string of the molecule is OP(c1cc(Cl)cc2cncn12)C1CCCCC1. The molecule has 0 aromatic carbocycles. The average Bonchev–Trinajstić information content (AvgIpc) is 2.86. The van der Waals surface area contributed by atoms with Gasteiger partial charge < -0.3 is 4.89 Å². The number of pyridine rings is 1. The monoisotopic (exact) mass is 282 g/mol. The molecular weight excluding hydrogens is 267 g/mol. The molecule has 1 fully saturated rings. The van der Waals surface area contributed by atoms with E-state index < -0.39 is 8.15 Å². The lowest BCUT2D eigenvalue weighted by Gasteiger charge is -2.26. The number of hydrogen-bond donors (Lipinski definition) is 1. The standard InChI is InChI=1S/C13H16ClN2OP/c14-10-6-11-8-15-9-16(11)13(7-10)18(17)12-4-2-1-3-5-12/h6-9,12,17H,1-5H2. The van der Waals surface area contributed by atoms with Gasteiger partial charge in [-0.2, -0.15) is 0 Å². The molecule has 3 nitrogen and oxygen atoms in total. The van der Waals surface area contributed by atoms with Gasteiger partial charge in [0.25, 0.3) is 0 Å². The van der Waals surface area contributed by atoms with E-state index in [2.05, 4.69) is 4.98 Å².